The molecular formula is C8H11NO. The van der Waals surface area contributed by atoms with Crippen LogP contribution in [0.3, 0.4) is 0 Å². The summed E-state index contributed by atoms with van der Waals surface area (Å²) in [6.07, 6.45) is 3.94. The van der Waals surface area contributed by atoms with E-state index in [2.05, 4.69) is 11.6 Å². The van der Waals surface area contributed by atoms with Crippen molar-refractivity contribution in [1.82, 2.24) is 0 Å². The normalized spacial score (nSPS) is 13.0. The fraction of sp³-hybridized carbons (Fsp3) is 0.250. The predicted molar refractivity (Wildman–Crippen MR) is 43.1 cm³/mol. The molecule has 0 unspecified atom stereocenters. The Labute approximate surface area is 61.0 Å². The van der Waals surface area contributed by atoms with E-state index in [1.807, 2.05) is 19.9 Å². The van der Waals surface area contributed by atoms with Gasteiger partial charge in [-0.05, 0) is 19.9 Å². The van der Waals surface area contributed by atoms with E-state index < -0.39 is 0 Å². The molecule has 0 radical (unpaired) electrons. The largest absolute Gasteiger partial charge is 0.296 e. The number of aldehydes is 1. The first-order valence-electron chi connectivity index (χ1n) is 3.03. The van der Waals surface area contributed by atoms with Gasteiger partial charge in [0.05, 0.1) is 0 Å². The number of carbonyl (C=O) groups is 1. The first-order chi connectivity index (χ1) is 4.74. The summed E-state index contributed by atoms with van der Waals surface area (Å²) in [6.45, 7) is 7.12. The Morgan fingerprint density at radius 2 is 2.20 bits per heavy atom. The van der Waals surface area contributed by atoms with E-state index in [1.54, 1.807) is 0 Å². The Kier molecular flexibility index (Phi) is 4.12. The second kappa shape index (κ2) is 4.68. The molecule has 0 saturated carbocycles. The molecule has 0 saturated heterocycles. The standard InChI is InChI=1S/C8H11NO/c1-4-7(3)9-8(5-2)6-10/h4-6H,2H2,1,3H3/b7-4+,9-8?. The van der Waals surface area contributed by atoms with Crippen molar-refractivity contribution in [2.75, 3.05) is 0 Å². The highest BCUT2D eigenvalue weighted by Crippen LogP contribution is 1.93. The zero-order valence-corrected chi connectivity index (χ0v) is 6.29. The molecule has 10 heavy (non-hydrogen) atoms. The molecule has 0 bridgehead atoms. The van der Waals surface area contributed by atoms with Crippen LogP contribution in [0, 0.1) is 0 Å². The summed E-state index contributed by atoms with van der Waals surface area (Å²) in [7, 11) is 0. The van der Waals surface area contributed by atoms with Crippen LogP contribution < -0.4 is 0 Å². The third-order valence-corrected chi connectivity index (χ3v) is 1.05. The third kappa shape index (κ3) is 2.97. The number of rotatable bonds is 3. The lowest BCUT2D eigenvalue weighted by atomic mass is 10.4. The smallest absolute Gasteiger partial charge is 0.168 e. The van der Waals surface area contributed by atoms with E-state index in [9.17, 15) is 4.79 Å². The van der Waals surface area contributed by atoms with Gasteiger partial charge in [-0.15, -0.1) is 0 Å². The molecule has 54 valence electrons. The molecule has 0 spiro atoms. The highest BCUT2D eigenvalue weighted by Gasteiger charge is 1.87. The van der Waals surface area contributed by atoms with Crippen LogP contribution in [-0.2, 0) is 4.79 Å². The SMILES string of the molecule is C=CC(C=O)=N/C(C)=C/C. The van der Waals surface area contributed by atoms with Gasteiger partial charge in [-0.3, -0.25) is 9.79 Å². The molecule has 0 N–H and O–H groups in total. The first-order valence-corrected chi connectivity index (χ1v) is 3.03. The van der Waals surface area contributed by atoms with Crippen LogP contribution in [0.2, 0.25) is 0 Å². The molecule has 0 amide bonds. The third-order valence-electron chi connectivity index (χ3n) is 1.05. The molecule has 2 heteroatoms. The van der Waals surface area contributed by atoms with E-state index in [0.717, 1.165) is 5.70 Å². The van der Waals surface area contributed by atoms with Crippen molar-refractivity contribution in [2.24, 2.45) is 4.99 Å². The van der Waals surface area contributed by atoms with Crippen molar-refractivity contribution >= 4 is 12.0 Å². The Bertz CT molecular complexity index is 179. The van der Waals surface area contributed by atoms with Crippen molar-refractivity contribution < 1.29 is 4.79 Å². The number of hydrogen-bond donors (Lipinski definition) is 0. The van der Waals surface area contributed by atoms with Crippen molar-refractivity contribution in [2.45, 2.75) is 13.8 Å². The van der Waals surface area contributed by atoms with E-state index >= 15 is 0 Å². The maximum absolute atomic E-state index is 10.2. The van der Waals surface area contributed by atoms with Gasteiger partial charge in [0.25, 0.3) is 0 Å². The summed E-state index contributed by atoms with van der Waals surface area (Å²) in [5.41, 5.74) is 1.19. The number of nitrogens with zero attached hydrogens (tertiary/aromatic N) is 1. The number of aliphatic imine (C=N–C) groups is 1. The average molecular weight is 137 g/mol. The van der Waals surface area contributed by atoms with Crippen LogP contribution in [0.25, 0.3) is 0 Å². The van der Waals surface area contributed by atoms with E-state index in [-0.39, 0.29) is 0 Å². The molecule has 0 aromatic rings. The van der Waals surface area contributed by atoms with Crippen LogP contribution in [0.5, 0.6) is 0 Å². The lowest BCUT2D eigenvalue weighted by Gasteiger charge is -1.89. The molecule has 0 aliphatic rings. The summed E-state index contributed by atoms with van der Waals surface area (Å²) < 4.78 is 0. The van der Waals surface area contributed by atoms with Crippen molar-refractivity contribution in [1.29, 1.82) is 0 Å². The Balaban J connectivity index is 4.39. The van der Waals surface area contributed by atoms with E-state index in [1.165, 1.54) is 6.08 Å². The van der Waals surface area contributed by atoms with Crippen LogP contribution in [0.15, 0.2) is 29.4 Å². The van der Waals surface area contributed by atoms with Gasteiger partial charge in [0, 0.05) is 5.70 Å². The lowest BCUT2D eigenvalue weighted by Crippen LogP contribution is -1.93. The molecule has 0 aliphatic carbocycles. The predicted octanol–water partition coefficient (Wildman–Crippen LogP) is 1.74. The molecule has 0 aromatic carbocycles. The molecule has 0 aromatic heterocycles. The van der Waals surface area contributed by atoms with Crippen LogP contribution in [0.4, 0.5) is 0 Å². The quantitative estimate of drug-likeness (QED) is 0.430. The van der Waals surface area contributed by atoms with Gasteiger partial charge in [0.1, 0.15) is 5.71 Å². The van der Waals surface area contributed by atoms with Crippen molar-refractivity contribution in [3.63, 3.8) is 0 Å². The number of allylic oxidation sites excluding steroid dienone is 3. The maximum atomic E-state index is 10.2. The Morgan fingerprint density at radius 1 is 1.60 bits per heavy atom. The van der Waals surface area contributed by atoms with E-state index in [0.29, 0.717) is 12.0 Å². The summed E-state index contributed by atoms with van der Waals surface area (Å²) >= 11 is 0. The summed E-state index contributed by atoms with van der Waals surface area (Å²) in [5.74, 6) is 0. The zero-order valence-electron chi connectivity index (χ0n) is 6.29. The van der Waals surface area contributed by atoms with Gasteiger partial charge in [0.15, 0.2) is 6.29 Å². The highest BCUT2D eigenvalue weighted by atomic mass is 16.1. The van der Waals surface area contributed by atoms with Gasteiger partial charge in [-0.1, -0.05) is 12.7 Å². The van der Waals surface area contributed by atoms with Gasteiger partial charge in [-0.2, -0.15) is 0 Å². The monoisotopic (exact) mass is 137 g/mol. The summed E-state index contributed by atoms with van der Waals surface area (Å²) in [4.78, 5) is 14.1. The van der Waals surface area contributed by atoms with Gasteiger partial charge in [0.2, 0.25) is 0 Å². The molecule has 0 fully saturated rings. The Hall–Kier alpha value is -1.18. The minimum Gasteiger partial charge on any atom is -0.296 e. The molecule has 0 atom stereocenters. The molecule has 2 nitrogen and oxygen atoms in total. The fourth-order valence-corrected chi connectivity index (χ4v) is 0.388. The summed E-state index contributed by atoms with van der Waals surface area (Å²) in [6, 6.07) is 0. The lowest BCUT2D eigenvalue weighted by molar-refractivity contribution is -0.102. The Morgan fingerprint density at radius 3 is 2.50 bits per heavy atom. The zero-order chi connectivity index (χ0) is 7.98. The van der Waals surface area contributed by atoms with Crippen molar-refractivity contribution in [3.05, 3.63) is 24.4 Å². The van der Waals surface area contributed by atoms with Gasteiger partial charge in [-0.25, -0.2) is 0 Å². The minimum absolute atomic E-state index is 0.371. The van der Waals surface area contributed by atoms with Crippen LogP contribution in [-0.4, -0.2) is 12.0 Å². The second-order valence-corrected chi connectivity index (χ2v) is 1.79. The van der Waals surface area contributed by atoms with Crippen LogP contribution >= 0.6 is 0 Å². The second-order valence-electron chi connectivity index (χ2n) is 1.79. The summed E-state index contributed by atoms with van der Waals surface area (Å²) in [5, 5.41) is 0. The fourth-order valence-electron chi connectivity index (χ4n) is 0.388. The molecule has 0 rings (SSSR count). The highest BCUT2D eigenvalue weighted by molar-refractivity contribution is 6.33. The molecule has 0 heterocycles. The van der Waals surface area contributed by atoms with Gasteiger partial charge >= 0.3 is 0 Å². The van der Waals surface area contributed by atoms with Crippen LogP contribution in [0.1, 0.15) is 13.8 Å². The minimum atomic E-state index is 0.371. The maximum Gasteiger partial charge on any atom is 0.168 e. The van der Waals surface area contributed by atoms with Crippen molar-refractivity contribution in [3.8, 4) is 0 Å². The topological polar surface area (TPSA) is 29.4 Å². The molecular weight excluding hydrogens is 126 g/mol. The number of hydrogen-bond acceptors (Lipinski definition) is 2. The number of carbonyl (C=O) groups excluding carboxylic acids is 1. The van der Waals surface area contributed by atoms with Gasteiger partial charge < -0.3 is 0 Å². The average Bonchev–Trinajstić information content (AvgIpc) is 1.99. The van der Waals surface area contributed by atoms with E-state index in [4.69, 9.17) is 0 Å². The molecule has 0 aliphatic heterocycles. The first kappa shape index (κ1) is 8.82.